The van der Waals surface area contributed by atoms with Crippen LogP contribution in [0.15, 0.2) is 88.9 Å². The van der Waals surface area contributed by atoms with Crippen molar-refractivity contribution in [3.8, 4) is 17.6 Å². The molecule has 0 aromatic heterocycles. The minimum absolute atomic E-state index is 0.0453. The first kappa shape index (κ1) is 25.3. The van der Waals surface area contributed by atoms with E-state index in [-0.39, 0.29) is 12.2 Å². The summed E-state index contributed by atoms with van der Waals surface area (Å²) in [6, 6.07) is 26.4. The number of nitriles is 1. The van der Waals surface area contributed by atoms with Crippen LogP contribution in [0, 0.1) is 11.3 Å². The molecular formula is C29H22BrClN2O3. The average molecular weight is 562 g/mol. The molecule has 0 atom stereocenters. The standard InChI is InChI=1S/C29H22BrClN2O3/c1-2-35-27-15-22(25(30)16-28(27)36-18-21-9-5-6-10-26(21)31)13-23(17-32)29(34)33-24-12-11-19-7-3-4-8-20(19)14-24/h3-16H,2,18H2,1H3,(H,33,34)/b23-13+. The number of hydrogen-bond donors (Lipinski definition) is 1. The monoisotopic (exact) mass is 560 g/mol. The molecule has 4 aromatic carbocycles. The molecule has 0 fully saturated rings. The van der Waals surface area contributed by atoms with Gasteiger partial charge >= 0.3 is 0 Å². The van der Waals surface area contributed by atoms with Gasteiger partial charge in [-0.05, 0) is 59.7 Å². The van der Waals surface area contributed by atoms with Crippen molar-refractivity contribution >= 4 is 56.0 Å². The van der Waals surface area contributed by atoms with E-state index >= 15 is 0 Å². The molecular weight excluding hydrogens is 540 g/mol. The summed E-state index contributed by atoms with van der Waals surface area (Å²) in [4.78, 5) is 12.9. The number of amides is 1. The zero-order chi connectivity index (χ0) is 25.5. The highest BCUT2D eigenvalue weighted by atomic mass is 79.9. The smallest absolute Gasteiger partial charge is 0.266 e. The van der Waals surface area contributed by atoms with Crippen LogP contribution < -0.4 is 14.8 Å². The second-order valence-electron chi connectivity index (χ2n) is 7.82. The van der Waals surface area contributed by atoms with Crippen molar-refractivity contribution in [2.24, 2.45) is 0 Å². The highest BCUT2D eigenvalue weighted by Gasteiger charge is 2.15. The maximum absolute atomic E-state index is 12.9. The van der Waals surface area contributed by atoms with E-state index in [1.807, 2.05) is 73.7 Å². The SMILES string of the molecule is CCOc1cc(/C=C(\C#N)C(=O)Nc2ccc3ccccc3c2)c(Br)cc1OCc1ccccc1Cl. The van der Waals surface area contributed by atoms with Crippen LogP contribution in [0.3, 0.4) is 0 Å². The summed E-state index contributed by atoms with van der Waals surface area (Å²) in [6.45, 7) is 2.55. The molecule has 4 rings (SSSR count). The minimum Gasteiger partial charge on any atom is -0.490 e. The molecule has 0 spiro atoms. The van der Waals surface area contributed by atoms with Crippen LogP contribution in [0.5, 0.6) is 11.5 Å². The first-order valence-electron chi connectivity index (χ1n) is 11.2. The number of hydrogen-bond acceptors (Lipinski definition) is 4. The number of fused-ring (bicyclic) bond motifs is 1. The highest BCUT2D eigenvalue weighted by Crippen LogP contribution is 2.36. The van der Waals surface area contributed by atoms with Crippen molar-refractivity contribution in [1.29, 1.82) is 5.26 Å². The lowest BCUT2D eigenvalue weighted by molar-refractivity contribution is -0.112. The summed E-state index contributed by atoms with van der Waals surface area (Å²) in [5.41, 5.74) is 2.01. The fourth-order valence-corrected chi connectivity index (χ4v) is 4.21. The molecule has 36 heavy (non-hydrogen) atoms. The number of halogens is 2. The van der Waals surface area contributed by atoms with Crippen molar-refractivity contribution in [2.45, 2.75) is 13.5 Å². The molecule has 0 aliphatic rings. The van der Waals surface area contributed by atoms with E-state index in [1.165, 1.54) is 6.08 Å². The minimum atomic E-state index is -0.503. The van der Waals surface area contributed by atoms with Crippen LogP contribution in [0.2, 0.25) is 5.02 Å². The average Bonchev–Trinajstić information content (AvgIpc) is 2.88. The summed E-state index contributed by atoms with van der Waals surface area (Å²) >= 11 is 9.77. The Morgan fingerprint density at radius 2 is 1.72 bits per heavy atom. The Kier molecular flexibility index (Phi) is 8.27. The summed E-state index contributed by atoms with van der Waals surface area (Å²) in [6.07, 6.45) is 1.51. The number of anilines is 1. The zero-order valence-electron chi connectivity index (χ0n) is 19.4. The summed E-state index contributed by atoms with van der Waals surface area (Å²) in [7, 11) is 0. The molecule has 180 valence electrons. The first-order chi connectivity index (χ1) is 17.5. The van der Waals surface area contributed by atoms with E-state index in [9.17, 15) is 10.1 Å². The van der Waals surface area contributed by atoms with Crippen molar-refractivity contribution < 1.29 is 14.3 Å². The van der Waals surface area contributed by atoms with Crippen LogP contribution >= 0.6 is 27.5 Å². The Labute approximate surface area is 223 Å². The van der Waals surface area contributed by atoms with Crippen molar-refractivity contribution in [3.05, 3.63) is 105 Å². The molecule has 1 amide bonds. The molecule has 0 unspecified atom stereocenters. The number of ether oxygens (including phenoxy) is 2. The number of nitrogens with zero attached hydrogens (tertiary/aromatic N) is 1. The van der Waals surface area contributed by atoms with E-state index in [4.69, 9.17) is 21.1 Å². The number of carbonyl (C=O) groups excluding carboxylic acids is 1. The lowest BCUT2D eigenvalue weighted by Gasteiger charge is -2.15. The van der Waals surface area contributed by atoms with Crippen LogP contribution in [0.4, 0.5) is 5.69 Å². The Bertz CT molecular complexity index is 1490. The van der Waals surface area contributed by atoms with E-state index < -0.39 is 5.91 Å². The fraction of sp³-hybridized carbons (Fsp3) is 0.103. The van der Waals surface area contributed by atoms with Gasteiger partial charge in [-0.25, -0.2) is 0 Å². The van der Waals surface area contributed by atoms with Gasteiger partial charge in [0, 0.05) is 20.7 Å². The summed E-state index contributed by atoms with van der Waals surface area (Å²) in [5, 5.41) is 15.2. The topological polar surface area (TPSA) is 71.3 Å². The molecule has 0 aliphatic heterocycles. The number of nitrogens with one attached hydrogen (secondary N) is 1. The lowest BCUT2D eigenvalue weighted by atomic mass is 10.1. The van der Waals surface area contributed by atoms with Gasteiger partial charge in [-0.3, -0.25) is 4.79 Å². The summed E-state index contributed by atoms with van der Waals surface area (Å²) in [5.74, 6) is 0.503. The molecule has 4 aromatic rings. The molecule has 5 nitrogen and oxygen atoms in total. The van der Waals surface area contributed by atoms with Gasteiger partial charge < -0.3 is 14.8 Å². The maximum atomic E-state index is 12.9. The van der Waals surface area contributed by atoms with Crippen LogP contribution in [-0.4, -0.2) is 12.5 Å². The van der Waals surface area contributed by atoms with Crippen LogP contribution in [-0.2, 0) is 11.4 Å². The Balaban J connectivity index is 1.57. The maximum Gasteiger partial charge on any atom is 0.266 e. The van der Waals surface area contributed by atoms with Crippen LogP contribution in [0.25, 0.3) is 16.8 Å². The first-order valence-corrected chi connectivity index (χ1v) is 12.4. The quantitative estimate of drug-likeness (QED) is 0.176. The zero-order valence-corrected chi connectivity index (χ0v) is 21.8. The second kappa shape index (κ2) is 11.8. The van der Waals surface area contributed by atoms with Gasteiger partial charge in [-0.2, -0.15) is 5.26 Å². The molecule has 0 bridgehead atoms. The van der Waals surface area contributed by atoms with Crippen molar-refractivity contribution in [1.82, 2.24) is 0 Å². The summed E-state index contributed by atoms with van der Waals surface area (Å²) < 4.78 is 12.4. The fourth-order valence-electron chi connectivity index (χ4n) is 3.58. The molecule has 0 aliphatic carbocycles. The van der Waals surface area contributed by atoms with Crippen molar-refractivity contribution in [3.63, 3.8) is 0 Å². The van der Waals surface area contributed by atoms with Gasteiger partial charge in [-0.15, -0.1) is 0 Å². The van der Waals surface area contributed by atoms with E-state index in [0.29, 0.717) is 38.9 Å². The highest BCUT2D eigenvalue weighted by molar-refractivity contribution is 9.10. The predicted molar refractivity (Wildman–Crippen MR) is 147 cm³/mol. The van der Waals surface area contributed by atoms with Gasteiger partial charge in [0.1, 0.15) is 18.2 Å². The van der Waals surface area contributed by atoms with E-state index in [0.717, 1.165) is 16.3 Å². The van der Waals surface area contributed by atoms with Gasteiger partial charge in [0.05, 0.1) is 6.61 Å². The largest absolute Gasteiger partial charge is 0.490 e. The second-order valence-corrected chi connectivity index (χ2v) is 9.08. The van der Waals surface area contributed by atoms with Gasteiger partial charge in [-0.1, -0.05) is 76.1 Å². The number of rotatable bonds is 8. The Morgan fingerprint density at radius 3 is 2.47 bits per heavy atom. The molecule has 0 saturated carbocycles. The Morgan fingerprint density at radius 1 is 1.00 bits per heavy atom. The van der Waals surface area contributed by atoms with Gasteiger partial charge in [0.15, 0.2) is 11.5 Å². The molecule has 7 heteroatoms. The third-order valence-electron chi connectivity index (χ3n) is 5.38. The molecule has 1 N–H and O–H groups in total. The third-order valence-corrected chi connectivity index (χ3v) is 6.43. The predicted octanol–water partition coefficient (Wildman–Crippen LogP) is 7.78. The molecule has 0 radical (unpaired) electrons. The van der Waals surface area contributed by atoms with E-state index in [1.54, 1.807) is 18.2 Å². The molecule has 0 saturated heterocycles. The van der Waals surface area contributed by atoms with Crippen molar-refractivity contribution in [2.75, 3.05) is 11.9 Å². The van der Waals surface area contributed by atoms with Crippen LogP contribution in [0.1, 0.15) is 18.1 Å². The van der Waals surface area contributed by atoms with Gasteiger partial charge in [0.25, 0.3) is 5.91 Å². The Hall–Kier alpha value is -3.79. The molecule has 0 heterocycles. The lowest BCUT2D eigenvalue weighted by Crippen LogP contribution is -2.13. The number of carbonyl (C=O) groups is 1. The third kappa shape index (κ3) is 6.06. The number of benzene rings is 4. The normalized spacial score (nSPS) is 11.1. The van der Waals surface area contributed by atoms with E-state index in [2.05, 4.69) is 21.2 Å². The van der Waals surface area contributed by atoms with Gasteiger partial charge in [0.2, 0.25) is 0 Å².